The standard InChI is InChI=1S/C11H11N3O3S/c15-9-7-18-11(17)14(9)5-4-13-10(16)8-2-1-3-12-6-8/h1-3,6H,4-5,7H2,(H,13,16). The van der Waals surface area contributed by atoms with Crippen molar-refractivity contribution in [1.29, 1.82) is 0 Å². The van der Waals surface area contributed by atoms with Crippen LogP contribution in [0.15, 0.2) is 24.5 Å². The van der Waals surface area contributed by atoms with Crippen molar-refractivity contribution >= 4 is 28.8 Å². The molecule has 0 spiro atoms. The van der Waals surface area contributed by atoms with Crippen molar-refractivity contribution in [3.05, 3.63) is 30.1 Å². The summed E-state index contributed by atoms with van der Waals surface area (Å²) in [6, 6.07) is 3.31. The third-order valence-corrected chi connectivity index (χ3v) is 3.24. The first-order valence-electron chi connectivity index (χ1n) is 5.34. The number of amides is 3. The Bertz CT molecular complexity index is 462. The van der Waals surface area contributed by atoms with Gasteiger partial charge in [-0.2, -0.15) is 0 Å². The number of carbonyl (C=O) groups is 3. The van der Waals surface area contributed by atoms with E-state index in [4.69, 9.17) is 0 Å². The molecule has 0 bridgehead atoms. The van der Waals surface area contributed by atoms with Crippen molar-refractivity contribution in [1.82, 2.24) is 15.2 Å². The molecule has 0 aliphatic carbocycles. The molecule has 6 nitrogen and oxygen atoms in total. The zero-order chi connectivity index (χ0) is 13.0. The Morgan fingerprint density at radius 2 is 2.33 bits per heavy atom. The predicted octanol–water partition coefficient (Wildman–Crippen LogP) is 0.507. The maximum atomic E-state index is 11.6. The second kappa shape index (κ2) is 5.63. The van der Waals surface area contributed by atoms with Crippen molar-refractivity contribution in [2.75, 3.05) is 18.8 Å². The summed E-state index contributed by atoms with van der Waals surface area (Å²) in [5, 5.41) is 2.38. The molecule has 18 heavy (non-hydrogen) atoms. The highest BCUT2D eigenvalue weighted by Gasteiger charge is 2.29. The Morgan fingerprint density at radius 3 is 2.94 bits per heavy atom. The van der Waals surface area contributed by atoms with Gasteiger partial charge in [-0.25, -0.2) is 0 Å². The van der Waals surface area contributed by atoms with Crippen LogP contribution in [0.5, 0.6) is 0 Å². The molecule has 0 unspecified atom stereocenters. The minimum absolute atomic E-state index is 0.190. The molecule has 94 valence electrons. The molecule has 0 atom stereocenters. The van der Waals surface area contributed by atoms with Crippen molar-refractivity contribution in [3.63, 3.8) is 0 Å². The highest BCUT2D eigenvalue weighted by Crippen LogP contribution is 2.17. The van der Waals surface area contributed by atoms with Gasteiger partial charge in [-0.05, 0) is 12.1 Å². The monoisotopic (exact) mass is 265 g/mol. The Kier molecular flexibility index (Phi) is 3.93. The number of nitrogens with zero attached hydrogens (tertiary/aromatic N) is 2. The van der Waals surface area contributed by atoms with Gasteiger partial charge in [0.1, 0.15) is 0 Å². The summed E-state index contributed by atoms with van der Waals surface area (Å²) in [6.07, 6.45) is 3.03. The molecular formula is C11H11N3O3S. The van der Waals surface area contributed by atoms with Crippen LogP contribution < -0.4 is 5.32 Å². The summed E-state index contributed by atoms with van der Waals surface area (Å²) in [5.74, 6) is -0.287. The summed E-state index contributed by atoms with van der Waals surface area (Å²) in [7, 11) is 0. The molecule has 0 aromatic carbocycles. The fourth-order valence-corrected chi connectivity index (χ4v) is 2.23. The van der Waals surface area contributed by atoms with Gasteiger partial charge in [0.25, 0.3) is 11.1 Å². The highest BCUT2D eigenvalue weighted by atomic mass is 32.2. The fourth-order valence-electron chi connectivity index (χ4n) is 1.48. The Hall–Kier alpha value is -1.89. The summed E-state index contributed by atoms with van der Waals surface area (Å²) in [5.41, 5.74) is 0.450. The first kappa shape index (κ1) is 12.6. The van der Waals surface area contributed by atoms with Gasteiger partial charge in [-0.3, -0.25) is 24.3 Å². The highest BCUT2D eigenvalue weighted by molar-refractivity contribution is 8.14. The number of thioether (sulfide) groups is 1. The van der Waals surface area contributed by atoms with Gasteiger partial charge >= 0.3 is 0 Å². The molecule has 2 rings (SSSR count). The van der Waals surface area contributed by atoms with E-state index >= 15 is 0 Å². The minimum atomic E-state index is -0.269. The lowest BCUT2D eigenvalue weighted by Gasteiger charge is -2.12. The lowest BCUT2D eigenvalue weighted by molar-refractivity contribution is -0.124. The van der Waals surface area contributed by atoms with Gasteiger partial charge in [-0.15, -0.1) is 0 Å². The van der Waals surface area contributed by atoms with Crippen molar-refractivity contribution in [2.45, 2.75) is 0 Å². The first-order chi connectivity index (χ1) is 8.68. The molecule has 3 amide bonds. The van der Waals surface area contributed by atoms with Gasteiger partial charge in [0.15, 0.2) is 0 Å². The van der Waals surface area contributed by atoms with Crippen LogP contribution in [0, 0.1) is 0 Å². The second-order valence-corrected chi connectivity index (χ2v) is 4.52. The van der Waals surface area contributed by atoms with E-state index in [1.807, 2.05) is 0 Å². The van der Waals surface area contributed by atoms with Crippen LogP contribution in [0.2, 0.25) is 0 Å². The summed E-state index contributed by atoms with van der Waals surface area (Å²) in [6.45, 7) is 0.447. The van der Waals surface area contributed by atoms with Crippen LogP contribution >= 0.6 is 11.8 Å². The van der Waals surface area contributed by atoms with Gasteiger partial charge in [-0.1, -0.05) is 11.8 Å². The number of hydrogen-bond donors (Lipinski definition) is 1. The van der Waals surface area contributed by atoms with E-state index < -0.39 is 0 Å². The summed E-state index contributed by atoms with van der Waals surface area (Å²) < 4.78 is 0. The van der Waals surface area contributed by atoms with E-state index in [9.17, 15) is 14.4 Å². The van der Waals surface area contributed by atoms with E-state index in [1.54, 1.807) is 18.3 Å². The summed E-state index contributed by atoms with van der Waals surface area (Å²) in [4.78, 5) is 39.2. The van der Waals surface area contributed by atoms with Crippen LogP contribution in [0.3, 0.4) is 0 Å². The average molecular weight is 265 g/mol. The van der Waals surface area contributed by atoms with Crippen molar-refractivity contribution < 1.29 is 14.4 Å². The average Bonchev–Trinajstić information content (AvgIpc) is 2.71. The Morgan fingerprint density at radius 1 is 1.50 bits per heavy atom. The van der Waals surface area contributed by atoms with Crippen LogP contribution in [-0.2, 0) is 4.79 Å². The van der Waals surface area contributed by atoms with Gasteiger partial charge < -0.3 is 5.32 Å². The maximum Gasteiger partial charge on any atom is 0.288 e. The zero-order valence-corrected chi connectivity index (χ0v) is 10.3. The normalized spacial score (nSPS) is 15.0. The van der Waals surface area contributed by atoms with E-state index in [-0.39, 0.29) is 35.9 Å². The lowest BCUT2D eigenvalue weighted by atomic mass is 10.3. The number of aromatic nitrogens is 1. The van der Waals surface area contributed by atoms with Gasteiger partial charge in [0.05, 0.1) is 11.3 Å². The third-order valence-electron chi connectivity index (χ3n) is 2.39. The topological polar surface area (TPSA) is 79.4 Å². The molecule has 1 aromatic heterocycles. The number of imide groups is 1. The number of rotatable bonds is 4. The smallest absolute Gasteiger partial charge is 0.288 e. The second-order valence-electron chi connectivity index (χ2n) is 3.60. The molecule has 1 saturated heterocycles. The molecule has 1 fully saturated rings. The van der Waals surface area contributed by atoms with Crippen LogP contribution in [0.1, 0.15) is 10.4 Å². The number of carbonyl (C=O) groups excluding carboxylic acids is 3. The maximum absolute atomic E-state index is 11.6. The Balaban J connectivity index is 1.81. The number of pyridine rings is 1. The molecule has 0 saturated carbocycles. The number of hydrogen-bond acceptors (Lipinski definition) is 5. The lowest BCUT2D eigenvalue weighted by Crippen LogP contribution is -2.37. The molecule has 1 aromatic rings. The molecule has 1 aliphatic rings. The minimum Gasteiger partial charge on any atom is -0.350 e. The molecule has 1 aliphatic heterocycles. The van der Waals surface area contributed by atoms with Crippen molar-refractivity contribution in [3.8, 4) is 0 Å². The van der Waals surface area contributed by atoms with E-state index in [0.717, 1.165) is 16.7 Å². The molecule has 1 N–H and O–H groups in total. The third kappa shape index (κ3) is 2.86. The largest absolute Gasteiger partial charge is 0.350 e. The summed E-state index contributed by atoms with van der Waals surface area (Å²) >= 11 is 0.983. The van der Waals surface area contributed by atoms with Crippen LogP contribution in [0.25, 0.3) is 0 Å². The quantitative estimate of drug-likeness (QED) is 0.858. The van der Waals surface area contributed by atoms with Gasteiger partial charge in [0, 0.05) is 25.5 Å². The van der Waals surface area contributed by atoms with Gasteiger partial charge in [0.2, 0.25) is 5.91 Å². The Labute approximate surface area is 108 Å². The SMILES string of the molecule is O=C(NCCN1C(=O)CSC1=O)c1cccnc1. The fraction of sp³-hybridized carbons (Fsp3) is 0.273. The van der Waals surface area contributed by atoms with Crippen molar-refractivity contribution in [2.24, 2.45) is 0 Å². The number of nitrogens with one attached hydrogen (secondary N) is 1. The van der Waals surface area contributed by atoms with E-state index in [0.29, 0.717) is 5.56 Å². The van der Waals surface area contributed by atoms with Crippen LogP contribution in [0.4, 0.5) is 4.79 Å². The predicted molar refractivity (Wildman–Crippen MR) is 66.1 cm³/mol. The molecular weight excluding hydrogens is 254 g/mol. The van der Waals surface area contributed by atoms with E-state index in [1.165, 1.54) is 6.20 Å². The molecule has 7 heteroatoms. The molecule has 0 radical (unpaired) electrons. The zero-order valence-electron chi connectivity index (χ0n) is 9.46. The first-order valence-corrected chi connectivity index (χ1v) is 6.32. The molecule has 2 heterocycles. The van der Waals surface area contributed by atoms with E-state index in [2.05, 4.69) is 10.3 Å². The van der Waals surface area contributed by atoms with Crippen LogP contribution in [-0.4, -0.2) is 45.8 Å².